The van der Waals surface area contributed by atoms with Crippen LogP contribution in [0.1, 0.15) is 16.7 Å². The standard InChI is InChI=1S/C24H17ClFNO3S/c25-19-10-8-16(9-11-19)14-27-23(28)22(31-24(27)29)13-18-5-1-2-7-21(18)30-15-17-4-3-6-20(26)12-17/h1-13H,14-15H2/b22-13-. The first-order valence-corrected chi connectivity index (χ1v) is 10.6. The number of hydrogen-bond acceptors (Lipinski definition) is 4. The molecule has 0 spiro atoms. The highest BCUT2D eigenvalue weighted by Gasteiger charge is 2.35. The largest absolute Gasteiger partial charge is 0.488 e. The predicted octanol–water partition coefficient (Wildman–Crippen LogP) is 6.29. The van der Waals surface area contributed by atoms with Crippen LogP contribution < -0.4 is 4.74 Å². The zero-order valence-electron chi connectivity index (χ0n) is 16.3. The third-order valence-corrected chi connectivity index (χ3v) is 5.78. The van der Waals surface area contributed by atoms with E-state index in [2.05, 4.69) is 0 Å². The lowest BCUT2D eigenvalue weighted by Gasteiger charge is -2.12. The van der Waals surface area contributed by atoms with Gasteiger partial charge in [-0.2, -0.15) is 0 Å². The van der Waals surface area contributed by atoms with Crippen molar-refractivity contribution in [1.29, 1.82) is 0 Å². The SMILES string of the molecule is O=C1S/C(=C\c2ccccc2OCc2cccc(F)c2)C(=O)N1Cc1ccc(Cl)cc1. The lowest BCUT2D eigenvalue weighted by molar-refractivity contribution is -0.123. The summed E-state index contributed by atoms with van der Waals surface area (Å²) in [6, 6.07) is 20.4. The second kappa shape index (κ2) is 9.37. The quantitative estimate of drug-likeness (QED) is 0.411. The Morgan fingerprint density at radius 1 is 0.968 bits per heavy atom. The van der Waals surface area contributed by atoms with Gasteiger partial charge in [0.1, 0.15) is 18.2 Å². The molecule has 1 aliphatic rings. The Morgan fingerprint density at radius 3 is 2.52 bits per heavy atom. The summed E-state index contributed by atoms with van der Waals surface area (Å²) in [4.78, 5) is 26.8. The molecule has 0 N–H and O–H groups in total. The maximum atomic E-state index is 13.4. The van der Waals surface area contributed by atoms with Crippen molar-refractivity contribution in [2.24, 2.45) is 0 Å². The van der Waals surface area contributed by atoms with Crippen LogP contribution in [0, 0.1) is 5.82 Å². The molecule has 2 amide bonds. The Kier molecular flexibility index (Phi) is 6.39. The number of ether oxygens (including phenoxy) is 1. The van der Waals surface area contributed by atoms with Crippen LogP contribution in [0.5, 0.6) is 5.75 Å². The fraction of sp³-hybridized carbons (Fsp3) is 0.0833. The molecule has 3 aromatic carbocycles. The molecule has 0 saturated carbocycles. The normalized spacial score (nSPS) is 15.0. The van der Waals surface area contributed by atoms with E-state index in [4.69, 9.17) is 16.3 Å². The van der Waals surface area contributed by atoms with Crippen molar-refractivity contribution in [3.8, 4) is 5.75 Å². The Labute approximate surface area is 188 Å². The van der Waals surface area contributed by atoms with Gasteiger partial charge in [-0.05, 0) is 59.3 Å². The third kappa shape index (κ3) is 5.16. The third-order valence-electron chi connectivity index (χ3n) is 4.62. The van der Waals surface area contributed by atoms with Crippen molar-refractivity contribution in [3.05, 3.63) is 105 Å². The van der Waals surface area contributed by atoms with Crippen LogP contribution in [0.15, 0.2) is 77.7 Å². The number of thioether (sulfide) groups is 1. The van der Waals surface area contributed by atoms with Gasteiger partial charge in [-0.3, -0.25) is 14.5 Å². The van der Waals surface area contributed by atoms with E-state index in [1.807, 2.05) is 12.1 Å². The second-order valence-electron chi connectivity index (χ2n) is 6.85. The van der Waals surface area contributed by atoms with E-state index in [0.717, 1.165) is 17.3 Å². The number of rotatable bonds is 6. The first kappa shape index (κ1) is 21.2. The van der Waals surface area contributed by atoms with Crippen molar-refractivity contribution in [2.75, 3.05) is 0 Å². The molecule has 0 radical (unpaired) electrons. The van der Waals surface area contributed by atoms with Gasteiger partial charge >= 0.3 is 0 Å². The van der Waals surface area contributed by atoms with E-state index in [1.54, 1.807) is 54.6 Å². The van der Waals surface area contributed by atoms with Gasteiger partial charge in [0.15, 0.2) is 0 Å². The van der Waals surface area contributed by atoms with Gasteiger partial charge in [0.2, 0.25) is 0 Å². The second-order valence-corrected chi connectivity index (χ2v) is 8.28. The van der Waals surface area contributed by atoms with E-state index in [-0.39, 0.29) is 30.1 Å². The number of carbonyl (C=O) groups is 2. The minimum atomic E-state index is -0.357. The minimum absolute atomic E-state index is 0.177. The lowest BCUT2D eigenvalue weighted by atomic mass is 10.1. The molecule has 0 unspecified atom stereocenters. The average Bonchev–Trinajstić information content (AvgIpc) is 3.02. The molecule has 1 heterocycles. The fourth-order valence-electron chi connectivity index (χ4n) is 3.07. The minimum Gasteiger partial charge on any atom is -0.488 e. The Bertz CT molecular complexity index is 1160. The average molecular weight is 454 g/mol. The van der Waals surface area contributed by atoms with Crippen LogP contribution in [-0.2, 0) is 17.9 Å². The summed E-state index contributed by atoms with van der Waals surface area (Å²) in [7, 11) is 0. The van der Waals surface area contributed by atoms with Crippen molar-refractivity contribution in [1.82, 2.24) is 4.90 Å². The van der Waals surface area contributed by atoms with Crippen LogP contribution in [0.2, 0.25) is 5.02 Å². The van der Waals surface area contributed by atoms with Crippen molar-refractivity contribution >= 4 is 40.6 Å². The summed E-state index contributed by atoms with van der Waals surface area (Å²) in [5.74, 6) is -0.148. The number of halogens is 2. The van der Waals surface area contributed by atoms with Crippen molar-refractivity contribution < 1.29 is 18.7 Å². The smallest absolute Gasteiger partial charge is 0.293 e. The summed E-state index contributed by atoms with van der Waals surface area (Å²) in [5.41, 5.74) is 2.17. The zero-order valence-corrected chi connectivity index (χ0v) is 17.8. The van der Waals surface area contributed by atoms with Gasteiger partial charge in [-0.1, -0.05) is 54.1 Å². The molecule has 1 aliphatic heterocycles. The first-order chi connectivity index (χ1) is 15.0. The van der Waals surface area contributed by atoms with Gasteiger partial charge in [0, 0.05) is 10.6 Å². The molecule has 4 rings (SSSR count). The van der Waals surface area contributed by atoms with E-state index >= 15 is 0 Å². The highest BCUT2D eigenvalue weighted by molar-refractivity contribution is 8.18. The molecule has 3 aromatic rings. The molecule has 7 heteroatoms. The van der Waals surface area contributed by atoms with Crippen LogP contribution in [0.4, 0.5) is 9.18 Å². The zero-order chi connectivity index (χ0) is 21.8. The molecule has 0 aliphatic carbocycles. The number of amides is 2. The summed E-state index contributed by atoms with van der Waals surface area (Å²) >= 11 is 6.79. The van der Waals surface area contributed by atoms with Gasteiger partial charge < -0.3 is 4.74 Å². The summed E-state index contributed by atoms with van der Waals surface area (Å²) in [6.07, 6.45) is 1.65. The summed E-state index contributed by atoms with van der Waals surface area (Å²) in [5, 5.41) is 0.261. The van der Waals surface area contributed by atoms with Crippen LogP contribution >= 0.6 is 23.4 Å². The van der Waals surface area contributed by atoms with E-state index < -0.39 is 0 Å². The van der Waals surface area contributed by atoms with Gasteiger partial charge in [-0.15, -0.1) is 0 Å². The molecular formula is C24H17ClFNO3S. The van der Waals surface area contributed by atoms with E-state index in [9.17, 15) is 14.0 Å². The number of para-hydroxylation sites is 1. The van der Waals surface area contributed by atoms with Gasteiger partial charge in [-0.25, -0.2) is 4.39 Å². The van der Waals surface area contributed by atoms with Crippen LogP contribution in [-0.4, -0.2) is 16.0 Å². The number of benzene rings is 3. The molecule has 1 saturated heterocycles. The number of hydrogen-bond donors (Lipinski definition) is 0. The Hall–Kier alpha value is -3.09. The molecule has 31 heavy (non-hydrogen) atoms. The predicted molar refractivity (Wildman–Crippen MR) is 120 cm³/mol. The maximum absolute atomic E-state index is 13.4. The number of imide groups is 1. The summed E-state index contributed by atoms with van der Waals surface area (Å²) < 4.78 is 19.2. The Morgan fingerprint density at radius 2 is 1.74 bits per heavy atom. The molecule has 0 aromatic heterocycles. The molecule has 156 valence electrons. The maximum Gasteiger partial charge on any atom is 0.293 e. The number of nitrogens with zero attached hydrogens (tertiary/aromatic N) is 1. The molecule has 0 bridgehead atoms. The van der Waals surface area contributed by atoms with Gasteiger partial charge in [0.25, 0.3) is 11.1 Å². The monoisotopic (exact) mass is 453 g/mol. The number of carbonyl (C=O) groups excluding carboxylic acids is 2. The van der Waals surface area contributed by atoms with Gasteiger partial charge in [0.05, 0.1) is 11.4 Å². The highest BCUT2D eigenvalue weighted by Crippen LogP contribution is 2.35. The molecular weight excluding hydrogens is 437 g/mol. The van der Waals surface area contributed by atoms with E-state index in [0.29, 0.717) is 26.8 Å². The molecule has 0 atom stereocenters. The van der Waals surface area contributed by atoms with Crippen LogP contribution in [0.3, 0.4) is 0 Å². The molecule has 4 nitrogen and oxygen atoms in total. The van der Waals surface area contributed by atoms with Crippen molar-refractivity contribution in [3.63, 3.8) is 0 Å². The first-order valence-electron chi connectivity index (χ1n) is 9.46. The highest BCUT2D eigenvalue weighted by atomic mass is 35.5. The van der Waals surface area contributed by atoms with Crippen LogP contribution in [0.25, 0.3) is 6.08 Å². The Balaban J connectivity index is 1.51. The molecule has 1 fully saturated rings. The topological polar surface area (TPSA) is 46.6 Å². The lowest BCUT2D eigenvalue weighted by Crippen LogP contribution is -2.27. The summed E-state index contributed by atoms with van der Waals surface area (Å²) in [6.45, 7) is 0.359. The fourth-order valence-corrected chi connectivity index (χ4v) is 4.02. The van der Waals surface area contributed by atoms with Crippen molar-refractivity contribution in [2.45, 2.75) is 13.2 Å². The van der Waals surface area contributed by atoms with E-state index in [1.165, 1.54) is 17.0 Å².